The van der Waals surface area contributed by atoms with Crippen LogP contribution in [0.1, 0.15) is 35.2 Å². The molecule has 3 atom stereocenters. The van der Waals surface area contributed by atoms with E-state index in [0.29, 0.717) is 31.6 Å². The molecule has 0 unspecified atom stereocenters. The van der Waals surface area contributed by atoms with Crippen molar-refractivity contribution in [1.29, 1.82) is 0 Å². The highest BCUT2D eigenvalue weighted by molar-refractivity contribution is 6.00. The molecular weight excluding hydrogens is 469 g/mol. The maximum atomic E-state index is 14.9. The summed E-state index contributed by atoms with van der Waals surface area (Å²) in [6.45, 7) is 0.397. The van der Waals surface area contributed by atoms with E-state index in [9.17, 15) is 26.7 Å². The number of aromatic nitrogens is 3. The number of piperidine rings is 2. The zero-order chi connectivity index (χ0) is 24.7. The highest BCUT2D eigenvalue weighted by Crippen LogP contribution is 2.39. The summed E-state index contributed by atoms with van der Waals surface area (Å²) in [5.74, 6) is -2.40. The maximum Gasteiger partial charge on any atom is 0.417 e. The van der Waals surface area contributed by atoms with E-state index in [1.165, 1.54) is 24.5 Å². The number of nitrogens with one attached hydrogen (secondary N) is 1. The van der Waals surface area contributed by atoms with Crippen LogP contribution in [0.2, 0.25) is 0 Å². The van der Waals surface area contributed by atoms with Crippen LogP contribution in [-0.4, -0.2) is 44.4 Å². The number of rotatable bonds is 4. The molecule has 35 heavy (non-hydrogen) atoms. The van der Waals surface area contributed by atoms with Crippen molar-refractivity contribution in [2.75, 3.05) is 11.9 Å². The molecular formula is C24H20F5N5O. The summed E-state index contributed by atoms with van der Waals surface area (Å²) in [4.78, 5) is 27.1. The Balaban J connectivity index is 1.43. The minimum absolute atomic E-state index is 0.0714. The minimum atomic E-state index is -4.71. The van der Waals surface area contributed by atoms with Crippen molar-refractivity contribution < 1.29 is 26.7 Å². The van der Waals surface area contributed by atoms with Gasteiger partial charge in [0.15, 0.2) is 17.5 Å². The number of hydrogen-bond acceptors (Lipinski definition) is 5. The van der Waals surface area contributed by atoms with Crippen LogP contribution < -0.4 is 5.32 Å². The van der Waals surface area contributed by atoms with E-state index in [2.05, 4.69) is 20.3 Å². The molecule has 6 nitrogen and oxygen atoms in total. The van der Waals surface area contributed by atoms with Gasteiger partial charge in [-0.3, -0.25) is 4.79 Å². The van der Waals surface area contributed by atoms with Gasteiger partial charge in [0.2, 0.25) is 0 Å². The number of hydrogen-bond donors (Lipinski definition) is 1. The van der Waals surface area contributed by atoms with Crippen LogP contribution >= 0.6 is 0 Å². The second kappa shape index (κ2) is 8.86. The fraction of sp³-hybridized carbons (Fsp3) is 0.333. The molecule has 2 saturated heterocycles. The van der Waals surface area contributed by atoms with Gasteiger partial charge in [0, 0.05) is 36.7 Å². The van der Waals surface area contributed by atoms with E-state index in [1.807, 2.05) is 0 Å². The van der Waals surface area contributed by atoms with Crippen molar-refractivity contribution in [3.63, 3.8) is 0 Å². The summed E-state index contributed by atoms with van der Waals surface area (Å²) >= 11 is 0. The molecule has 0 spiro atoms. The Kier molecular flexibility index (Phi) is 5.86. The van der Waals surface area contributed by atoms with E-state index in [-0.39, 0.29) is 28.7 Å². The van der Waals surface area contributed by atoms with Crippen LogP contribution in [0.15, 0.2) is 48.9 Å². The van der Waals surface area contributed by atoms with Crippen molar-refractivity contribution in [2.45, 2.75) is 37.5 Å². The lowest BCUT2D eigenvalue weighted by Gasteiger charge is -2.50. The Hall–Kier alpha value is -3.63. The predicted octanol–water partition coefficient (Wildman–Crippen LogP) is 4.94. The Morgan fingerprint density at radius 1 is 1.03 bits per heavy atom. The lowest BCUT2D eigenvalue weighted by atomic mass is 9.76. The predicted molar refractivity (Wildman–Crippen MR) is 116 cm³/mol. The molecule has 2 aliphatic heterocycles. The Morgan fingerprint density at radius 3 is 2.49 bits per heavy atom. The van der Waals surface area contributed by atoms with E-state index in [1.54, 1.807) is 17.0 Å². The molecule has 2 aromatic heterocycles. The molecule has 3 fully saturated rings. The van der Waals surface area contributed by atoms with Crippen LogP contribution in [0.5, 0.6) is 0 Å². The van der Waals surface area contributed by atoms with Crippen molar-refractivity contribution in [3.05, 3.63) is 71.7 Å². The molecule has 3 aromatic rings. The van der Waals surface area contributed by atoms with Gasteiger partial charge in [-0.25, -0.2) is 23.7 Å². The number of carbonyl (C=O) groups is 1. The number of carbonyl (C=O) groups excluding carboxylic acids is 1. The van der Waals surface area contributed by atoms with E-state index >= 15 is 0 Å². The summed E-state index contributed by atoms with van der Waals surface area (Å²) in [5, 5.41) is 2.89. The van der Waals surface area contributed by atoms with E-state index < -0.39 is 41.4 Å². The number of fused-ring (bicyclic) bond motifs is 3. The normalized spacial score (nSPS) is 21.7. The number of benzene rings is 1. The zero-order valence-electron chi connectivity index (χ0n) is 18.3. The summed E-state index contributed by atoms with van der Waals surface area (Å²) in [6, 6.07) is 5.38. The van der Waals surface area contributed by atoms with E-state index in [0.717, 1.165) is 6.42 Å². The quantitative estimate of drug-likeness (QED) is 0.526. The third kappa shape index (κ3) is 4.42. The molecule has 4 heterocycles. The lowest BCUT2D eigenvalue weighted by molar-refractivity contribution is -0.138. The summed E-state index contributed by atoms with van der Waals surface area (Å²) in [5.41, 5.74) is -1.07. The summed E-state index contributed by atoms with van der Waals surface area (Å²) in [7, 11) is 0. The van der Waals surface area contributed by atoms with Gasteiger partial charge < -0.3 is 10.2 Å². The van der Waals surface area contributed by atoms with Gasteiger partial charge in [-0.05, 0) is 43.4 Å². The van der Waals surface area contributed by atoms with Gasteiger partial charge in [-0.15, -0.1) is 0 Å². The molecule has 182 valence electrons. The number of alkyl halides is 3. The summed E-state index contributed by atoms with van der Waals surface area (Å²) < 4.78 is 67.9. The molecule has 1 saturated carbocycles. The number of halogens is 5. The molecule has 0 radical (unpaired) electrons. The molecule has 1 aromatic carbocycles. The second-order valence-corrected chi connectivity index (χ2v) is 8.74. The Bertz CT molecular complexity index is 1250. The first-order valence-electron chi connectivity index (χ1n) is 11.1. The zero-order valence-corrected chi connectivity index (χ0v) is 18.3. The fourth-order valence-electron chi connectivity index (χ4n) is 4.97. The van der Waals surface area contributed by atoms with Crippen LogP contribution in [0.4, 0.5) is 27.8 Å². The average molecular weight is 489 g/mol. The third-order valence-electron chi connectivity index (χ3n) is 6.56. The van der Waals surface area contributed by atoms with Gasteiger partial charge >= 0.3 is 6.18 Å². The van der Waals surface area contributed by atoms with Crippen LogP contribution in [0.3, 0.4) is 0 Å². The monoisotopic (exact) mass is 489 g/mol. The van der Waals surface area contributed by atoms with Crippen LogP contribution in [0.25, 0.3) is 11.4 Å². The third-order valence-corrected chi connectivity index (χ3v) is 6.56. The number of amides is 1. The smallest absolute Gasteiger partial charge is 0.363 e. The number of nitrogens with zero attached hydrogens (tertiary/aromatic N) is 4. The largest absolute Gasteiger partial charge is 0.417 e. The fourth-order valence-corrected chi connectivity index (χ4v) is 4.97. The topological polar surface area (TPSA) is 71.0 Å². The van der Waals surface area contributed by atoms with Crippen LogP contribution in [0, 0.1) is 17.6 Å². The van der Waals surface area contributed by atoms with Crippen molar-refractivity contribution in [1.82, 2.24) is 19.9 Å². The first-order chi connectivity index (χ1) is 16.7. The van der Waals surface area contributed by atoms with Crippen molar-refractivity contribution in [2.24, 2.45) is 5.92 Å². The van der Waals surface area contributed by atoms with Gasteiger partial charge in [-0.2, -0.15) is 13.2 Å². The summed E-state index contributed by atoms with van der Waals surface area (Å²) in [6.07, 6.45) is 0.859. The lowest BCUT2D eigenvalue weighted by Crippen LogP contribution is -2.60. The van der Waals surface area contributed by atoms with Crippen LogP contribution in [-0.2, 0) is 6.18 Å². The van der Waals surface area contributed by atoms with Gasteiger partial charge in [0.1, 0.15) is 5.82 Å². The van der Waals surface area contributed by atoms with Gasteiger partial charge in [0.05, 0.1) is 17.2 Å². The highest BCUT2D eigenvalue weighted by Gasteiger charge is 2.44. The first-order valence-corrected chi connectivity index (χ1v) is 11.1. The molecule has 1 N–H and O–H groups in total. The standard InChI is InChI=1S/C24H20F5N5O/c25-16-4-1-3-15(21-30-7-2-8-31-21)20(16)23(35)34-12-13-5-6-19(34)18(9-13)33-22-17(26)10-14(11-32-22)24(27,28)29/h1-4,7-8,10-11,13,18-19H,5-6,9,12H2,(H,32,33)/t13-,18-,19+/m1/s1. The number of anilines is 1. The molecule has 1 aliphatic carbocycles. The van der Waals surface area contributed by atoms with E-state index in [4.69, 9.17) is 0 Å². The highest BCUT2D eigenvalue weighted by atomic mass is 19.4. The maximum absolute atomic E-state index is 14.9. The van der Waals surface area contributed by atoms with Crippen molar-refractivity contribution in [3.8, 4) is 11.4 Å². The SMILES string of the molecule is O=C(c1c(F)cccc1-c1ncccn1)N1C[C@@H]2CC[C@H]1[C@H](Nc1ncc(C(F)(F)F)cc1F)C2. The van der Waals surface area contributed by atoms with Gasteiger partial charge in [-0.1, -0.05) is 12.1 Å². The number of pyridine rings is 1. The minimum Gasteiger partial charge on any atom is -0.363 e. The Labute approximate surface area is 197 Å². The average Bonchev–Trinajstić information content (AvgIpc) is 2.85. The molecule has 6 rings (SSSR count). The Morgan fingerprint density at radius 2 is 1.80 bits per heavy atom. The molecule has 3 aliphatic rings. The second-order valence-electron chi connectivity index (χ2n) is 8.74. The molecule has 11 heteroatoms. The first kappa shape index (κ1) is 23.1. The van der Waals surface area contributed by atoms with Gasteiger partial charge in [0.25, 0.3) is 5.91 Å². The van der Waals surface area contributed by atoms with Crippen molar-refractivity contribution >= 4 is 11.7 Å². The molecule has 2 bridgehead atoms. The molecule has 1 amide bonds.